The van der Waals surface area contributed by atoms with Crippen molar-refractivity contribution in [2.75, 3.05) is 19.8 Å². The Kier molecular flexibility index (Phi) is 10.9. The van der Waals surface area contributed by atoms with Gasteiger partial charge in [-0.3, -0.25) is 0 Å². The normalized spacial score (nSPS) is 27.8. The number of carbonyl (C=O) groups is 1. The van der Waals surface area contributed by atoms with Crippen LogP contribution in [0.4, 0.5) is 0 Å². The lowest BCUT2D eigenvalue weighted by Gasteiger charge is -2.40. The van der Waals surface area contributed by atoms with Gasteiger partial charge in [-0.15, -0.1) is 0 Å². The first-order valence-corrected chi connectivity index (χ1v) is 18.0. The molecule has 4 N–H and O–H groups in total. The molecule has 6 atom stereocenters. The second kappa shape index (κ2) is 11.9. The van der Waals surface area contributed by atoms with Gasteiger partial charge >= 0.3 is 5.97 Å². The lowest BCUT2D eigenvalue weighted by molar-refractivity contribution is -0.300. The molecule has 1 saturated heterocycles. The predicted octanol–water partition coefficient (Wildman–Crippen LogP) is 1.63. The standard InChI is InChI=1S/C22H44O9Si2/c1-14(15(23)12-30-33(8,9)22(2,3)4)20(27)29-13-16-17(24)18(25)19(26)21(31-16)28-10-11-32(5,6)7/h15-19,21,23-26H,1,10-13H2,2-9H3/t15?,16-,17-,18+,19-,21-/m1/s1. The summed E-state index contributed by atoms with van der Waals surface area (Å²) in [6.45, 7) is 20.2. The monoisotopic (exact) mass is 508 g/mol. The van der Waals surface area contributed by atoms with E-state index in [9.17, 15) is 25.2 Å². The molecule has 0 aromatic rings. The molecule has 0 bridgehead atoms. The first kappa shape index (κ1) is 30.4. The van der Waals surface area contributed by atoms with E-state index >= 15 is 0 Å². The largest absolute Gasteiger partial charge is 0.459 e. The van der Waals surface area contributed by atoms with Gasteiger partial charge in [-0.05, 0) is 24.2 Å². The van der Waals surface area contributed by atoms with Crippen LogP contribution < -0.4 is 0 Å². The van der Waals surface area contributed by atoms with Crippen molar-refractivity contribution >= 4 is 22.4 Å². The third-order valence-electron chi connectivity index (χ3n) is 6.25. The number of carbonyl (C=O) groups excluding carboxylic acids is 1. The highest BCUT2D eigenvalue weighted by molar-refractivity contribution is 6.76. The van der Waals surface area contributed by atoms with E-state index in [0.29, 0.717) is 6.61 Å². The Labute approximate surface area is 199 Å². The molecule has 11 heteroatoms. The Morgan fingerprint density at radius 3 is 2.15 bits per heavy atom. The van der Waals surface area contributed by atoms with Crippen LogP contribution in [0.3, 0.4) is 0 Å². The molecule has 0 aromatic carbocycles. The fourth-order valence-electron chi connectivity index (χ4n) is 2.66. The number of esters is 1. The molecule has 1 heterocycles. The summed E-state index contributed by atoms with van der Waals surface area (Å²) in [5, 5.41) is 40.8. The van der Waals surface area contributed by atoms with Crippen LogP contribution in [0.5, 0.6) is 0 Å². The Balaban J connectivity index is 2.62. The molecule has 1 unspecified atom stereocenters. The van der Waals surface area contributed by atoms with Crippen LogP contribution in [0.1, 0.15) is 20.8 Å². The lowest BCUT2D eigenvalue weighted by Crippen LogP contribution is -2.59. The van der Waals surface area contributed by atoms with E-state index in [4.69, 9.17) is 18.6 Å². The first-order chi connectivity index (χ1) is 14.9. The average molecular weight is 509 g/mol. The van der Waals surface area contributed by atoms with Crippen molar-refractivity contribution in [3.8, 4) is 0 Å². The van der Waals surface area contributed by atoms with Crippen LogP contribution in [-0.4, -0.2) is 99.4 Å². The van der Waals surface area contributed by atoms with Crippen LogP contribution in [0, 0.1) is 0 Å². The molecule has 1 rings (SSSR count). The van der Waals surface area contributed by atoms with E-state index in [1.165, 1.54) is 0 Å². The van der Waals surface area contributed by atoms with Crippen LogP contribution in [0.15, 0.2) is 12.2 Å². The molecule has 9 nitrogen and oxygen atoms in total. The van der Waals surface area contributed by atoms with Crippen molar-refractivity contribution < 1.29 is 43.9 Å². The molecule has 0 aliphatic carbocycles. The second-order valence-corrected chi connectivity index (χ2v) is 21.8. The van der Waals surface area contributed by atoms with E-state index in [2.05, 4.69) is 47.0 Å². The number of aliphatic hydroxyl groups is 4. The van der Waals surface area contributed by atoms with E-state index in [0.717, 1.165) is 6.04 Å². The van der Waals surface area contributed by atoms with Gasteiger partial charge in [0.15, 0.2) is 14.6 Å². The van der Waals surface area contributed by atoms with Gasteiger partial charge in [0.25, 0.3) is 0 Å². The summed E-state index contributed by atoms with van der Waals surface area (Å²) in [5.74, 6) is -0.867. The molecule has 0 saturated carbocycles. The van der Waals surface area contributed by atoms with Crippen molar-refractivity contribution in [2.45, 2.75) is 101 Å². The molecule has 0 aromatic heterocycles. The zero-order chi connectivity index (χ0) is 25.8. The van der Waals surface area contributed by atoms with E-state index < -0.39 is 65.8 Å². The Hall–Kier alpha value is -0.636. The van der Waals surface area contributed by atoms with E-state index in [-0.39, 0.29) is 17.2 Å². The molecule has 33 heavy (non-hydrogen) atoms. The molecule has 194 valence electrons. The lowest BCUT2D eigenvalue weighted by atomic mass is 9.99. The minimum absolute atomic E-state index is 0.0535. The van der Waals surface area contributed by atoms with Gasteiger partial charge < -0.3 is 39.1 Å². The first-order valence-electron chi connectivity index (χ1n) is 11.4. The van der Waals surface area contributed by atoms with Gasteiger partial charge in [0, 0.05) is 14.7 Å². The molecule has 1 aliphatic heterocycles. The van der Waals surface area contributed by atoms with Crippen molar-refractivity contribution in [2.24, 2.45) is 0 Å². The smallest absolute Gasteiger partial charge is 0.336 e. The zero-order valence-electron chi connectivity index (χ0n) is 21.3. The molecule has 0 radical (unpaired) electrons. The summed E-state index contributed by atoms with van der Waals surface area (Å²) >= 11 is 0. The van der Waals surface area contributed by atoms with Crippen molar-refractivity contribution in [1.29, 1.82) is 0 Å². The number of ether oxygens (including phenoxy) is 3. The maximum atomic E-state index is 12.4. The van der Waals surface area contributed by atoms with Crippen LogP contribution in [-0.2, 0) is 23.4 Å². The highest BCUT2D eigenvalue weighted by Gasteiger charge is 2.45. The highest BCUT2D eigenvalue weighted by Crippen LogP contribution is 2.36. The van der Waals surface area contributed by atoms with E-state index in [1.54, 1.807) is 0 Å². The highest BCUT2D eigenvalue weighted by atomic mass is 28.4. The maximum absolute atomic E-state index is 12.4. The van der Waals surface area contributed by atoms with Crippen molar-refractivity contribution in [1.82, 2.24) is 0 Å². The van der Waals surface area contributed by atoms with Gasteiger partial charge in [-0.25, -0.2) is 4.79 Å². The maximum Gasteiger partial charge on any atom is 0.336 e. The summed E-state index contributed by atoms with van der Waals surface area (Å²) < 4.78 is 22.2. The topological polar surface area (TPSA) is 135 Å². The van der Waals surface area contributed by atoms with Crippen LogP contribution in [0.25, 0.3) is 0 Å². The van der Waals surface area contributed by atoms with Gasteiger partial charge in [0.1, 0.15) is 37.1 Å². The minimum Gasteiger partial charge on any atom is -0.459 e. The summed E-state index contributed by atoms with van der Waals surface area (Å²) in [6.07, 6.45) is -7.95. The number of hydrogen-bond acceptors (Lipinski definition) is 9. The van der Waals surface area contributed by atoms with Gasteiger partial charge in [0.2, 0.25) is 0 Å². The van der Waals surface area contributed by atoms with Crippen LogP contribution >= 0.6 is 0 Å². The van der Waals surface area contributed by atoms with E-state index in [1.807, 2.05) is 13.1 Å². The summed E-state index contributed by atoms with van der Waals surface area (Å²) in [6, 6.07) is 0.826. The Bertz CT molecular complexity index is 657. The SMILES string of the molecule is C=C(C(=O)OC[C@H]1O[C@@H](OCC[Si](C)(C)C)[C@H](O)[C@@H](O)[C@@H]1O)C(O)CO[Si](C)(C)C(C)(C)C. The zero-order valence-corrected chi connectivity index (χ0v) is 23.3. The van der Waals surface area contributed by atoms with Crippen molar-refractivity contribution in [3.63, 3.8) is 0 Å². The second-order valence-electron chi connectivity index (χ2n) is 11.4. The summed E-state index contributed by atoms with van der Waals surface area (Å²) in [7, 11) is -3.50. The molecule has 1 aliphatic rings. The van der Waals surface area contributed by atoms with Gasteiger partial charge in [0.05, 0.1) is 12.2 Å². The predicted molar refractivity (Wildman–Crippen MR) is 130 cm³/mol. The number of aliphatic hydroxyl groups excluding tert-OH is 4. The quantitative estimate of drug-likeness (QED) is 0.187. The fourth-order valence-corrected chi connectivity index (χ4v) is 4.40. The molecular formula is C22H44O9Si2. The summed E-state index contributed by atoms with van der Waals surface area (Å²) in [5.41, 5.74) is -0.178. The third kappa shape index (κ3) is 9.15. The fraction of sp³-hybridized carbons (Fsp3) is 0.864. The number of rotatable bonds is 11. The third-order valence-corrected chi connectivity index (χ3v) is 12.5. The average Bonchev–Trinajstić information content (AvgIpc) is 2.68. The molecule has 0 amide bonds. The van der Waals surface area contributed by atoms with Crippen LogP contribution in [0.2, 0.25) is 43.8 Å². The molecular weight excluding hydrogens is 464 g/mol. The Morgan fingerprint density at radius 1 is 1.06 bits per heavy atom. The van der Waals surface area contributed by atoms with Crippen molar-refractivity contribution in [3.05, 3.63) is 12.2 Å². The van der Waals surface area contributed by atoms with Gasteiger partial charge in [-0.2, -0.15) is 0 Å². The molecule has 0 spiro atoms. The minimum atomic E-state index is -2.12. The number of hydrogen-bond donors (Lipinski definition) is 4. The van der Waals surface area contributed by atoms with Gasteiger partial charge in [-0.1, -0.05) is 47.0 Å². The molecule has 1 fully saturated rings. The summed E-state index contributed by atoms with van der Waals surface area (Å²) in [4.78, 5) is 12.4. The Morgan fingerprint density at radius 2 is 1.64 bits per heavy atom.